The van der Waals surface area contributed by atoms with E-state index in [1.54, 1.807) is 0 Å². The van der Waals surface area contributed by atoms with Gasteiger partial charge < -0.3 is 12.9 Å². The maximum atomic E-state index is 7.10. The van der Waals surface area contributed by atoms with E-state index in [0.29, 0.717) is 0 Å². The van der Waals surface area contributed by atoms with Crippen molar-refractivity contribution in [2.24, 2.45) is 11.5 Å². The normalized spacial score (nSPS) is 2.00. The fraction of sp³-hybridized carbons (Fsp3) is 0. The summed E-state index contributed by atoms with van der Waals surface area (Å²) in [7, 11) is 0. The molecule has 0 rings (SSSR count). The van der Waals surface area contributed by atoms with Gasteiger partial charge in [0, 0.05) is 0 Å². The van der Waals surface area contributed by atoms with Gasteiger partial charge in [0.2, 0.25) is 0 Å². The molecule has 0 bridgehead atoms. The Morgan fingerprint density at radius 1 is 1.14 bits per heavy atom. The molecule has 0 aliphatic rings. The van der Waals surface area contributed by atoms with Crippen LogP contribution in [0.3, 0.4) is 0 Å². The minimum absolute atomic E-state index is 0. The zero-order valence-electron chi connectivity index (χ0n) is 5.05. The number of nitrogens with zero attached hydrogens (tertiary/aromatic N) is 2. The molecule has 0 atom stereocenters. The van der Waals surface area contributed by atoms with E-state index in [1.807, 2.05) is 0 Å². The van der Waals surface area contributed by atoms with E-state index < -0.39 is 0 Å². The van der Waals surface area contributed by atoms with E-state index >= 15 is 0 Å². The van der Waals surface area contributed by atoms with E-state index in [4.69, 9.17) is 10.5 Å². The summed E-state index contributed by atoms with van der Waals surface area (Å²) in [5, 5.41) is 14.2. The Hall–Kier alpha value is -0.420. The maximum absolute atomic E-state index is 7.10. The number of rotatable bonds is 0. The minimum Gasteiger partial charge on any atom is -1.00 e. The third-order valence-electron chi connectivity index (χ3n) is 0. The van der Waals surface area contributed by atoms with Gasteiger partial charge in [-0.15, -0.1) is 0 Å². The molecule has 0 amide bonds. The van der Waals surface area contributed by atoms with Gasteiger partial charge in [0.25, 0.3) is 0 Å². The van der Waals surface area contributed by atoms with Crippen LogP contribution >= 0.6 is 0 Å². The Morgan fingerprint density at radius 2 is 1.14 bits per heavy atom. The Labute approximate surface area is 65.5 Å². The van der Waals surface area contributed by atoms with E-state index in [-0.39, 0.29) is 31.0 Å². The number of nitriles is 2. The van der Waals surface area contributed by atoms with Crippen molar-refractivity contribution in [1.82, 2.24) is 0 Å². The SMILES string of the molecule is N#CN.N#CN.[H-].[Na+]. The van der Waals surface area contributed by atoms with Crippen LogP contribution in [-0.2, 0) is 0 Å². The van der Waals surface area contributed by atoms with E-state index in [1.165, 1.54) is 12.4 Å². The van der Waals surface area contributed by atoms with Crippen molar-refractivity contribution in [3.63, 3.8) is 0 Å². The van der Waals surface area contributed by atoms with Crippen LogP contribution in [-0.4, -0.2) is 0 Å². The molecule has 34 valence electrons. The van der Waals surface area contributed by atoms with Gasteiger partial charge in [-0.2, -0.15) is 10.5 Å². The zero-order valence-corrected chi connectivity index (χ0v) is 6.05. The summed E-state index contributed by atoms with van der Waals surface area (Å²) in [6, 6.07) is 0. The van der Waals surface area contributed by atoms with Crippen molar-refractivity contribution in [3.8, 4) is 12.4 Å². The van der Waals surface area contributed by atoms with E-state index in [2.05, 4.69) is 11.5 Å². The first kappa shape index (κ1) is 16.0. The summed E-state index contributed by atoms with van der Waals surface area (Å²) >= 11 is 0. The van der Waals surface area contributed by atoms with Crippen LogP contribution in [0.25, 0.3) is 0 Å². The molecule has 7 heavy (non-hydrogen) atoms. The molecule has 0 saturated carbocycles. The van der Waals surface area contributed by atoms with Gasteiger partial charge in [-0.3, -0.25) is 0 Å². The second kappa shape index (κ2) is 46.9. The van der Waals surface area contributed by atoms with E-state index in [0.717, 1.165) is 0 Å². The first-order valence-corrected chi connectivity index (χ1v) is 1.02. The Bertz CT molecular complexity index is 69.0. The molecule has 0 heterocycles. The van der Waals surface area contributed by atoms with Crippen molar-refractivity contribution >= 4 is 0 Å². The maximum Gasteiger partial charge on any atom is 1.00 e. The number of hydrogen-bond donors (Lipinski definition) is 2. The third kappa shape index (κ3) is 405. The van der Waals surface area contributed by atoms with Gasteiger partial charge in [-0.1, -0.05) is 0 Å². The Balaban J connectivity index is -0.0000000160. The molecule has 0 fully saturated rings. The minimum atomic E-state index is 0. The smallest absolute Gasteiger partial charge is 1.00 e. The molecule has 5 heteroatoms. The van der Waals surface area contributed by atoms with Gasteiger partial charge in [-0.25, -0.2) is 0 Å². The van der Waals surface area contributed by atoms with Crippen LogP contribution in [0.2, 0.25) is 0 Å². The van der Waals surface area contributed by atoms with Crippen LogP contribution in [0.4, 0.5) is 0 Å². The van der Waals surface area contributed by atoms with Gasteiger partial charge in [0.15, 0.2) is 12.4 Å². The summed E-state index contributed by atoms with van der Waals surface area (Å²) in [5.41, 5.74) is 8.31. The van der Waals surface area contributed by atoms with Crippen LogP contribution in [0.15, 0.2) is 0 Å². The Morgan fingerprint density at radius 3 is 1.14 bits per heavy atom. The first-order chi connectivity index (χ1) is 2.83. The number of hydrogen-bond acceptors (Lipinski definition) is 4. The monoisotopic (exact) mass is 108 g/mol. The van der Waals surface area contributed by atoms with Gasteiger partial charge in [-0.05, 0) is 0 Å². The fourth-order valence-corrected chi connectivity index (χ4v) is 0. The van der Waals surface area contributed by atoms with Crippen molar-refractivity contribution in [2.45, 2.75) is 0 Å². The first-order valence-electron chi connectivity index (χ1n) is 1.02. The molecule has 4 N–H and O–H groups in total. The van der Waals surface area contributed by atoms with Crippen molar-refractivity contribution in [1.29, 1.82) is 10.5 Å². The van der Waals surface area contributed by atoms with Gasteiger partial charge in [0.1, 0.15) is 0 Å². The molecule has 0 aliphatic carbocycles. The summed E-state index contributed by atoms with van der Waals surface area (Å²) < 4.78 is 0. The number of nitrogens with two attached hydrogens (primary N) is 2. The van der Waals surface area contributed by atoms with Crippen LogP contribution < -0.4 is 41.0 Å². The topological polar surface area (TPSA) is 99.6 Å². The largest absolute Gasteiger partial charge is 1.00 e. The molecule has 0 aromatic heterocycles. The molecular formula is C2H5N4Na. The van der Waals surface area contributed by atoms with Crippen LogP contribution in [0, 0.1) is 22.9 Å². The van der Waals surface area contributed by atoms with Gasteiger partial charge >= 0.3 is 29.6 Å². The third-order valence-corrected chi connectivity index (χ3v) is 0. The predicted octanol–water partition coefficient (Wildman–Crippen LogP) is -4.03. The zero-order chi connectivity index (χ0) is 5.41. The standard InChI is InChI=1S/2CH2N2.Na.H/c2*2-1-3;;/h2*2H2;;/q;;+1;-1. The molecule has 0 aliphatic heterocycles. The summed E-state index contributed by atoms with van der Waals surface area (Å²) in [5.74, 6) is 0. The molecule has 0 unspecified atom stereocenters. The summed E-state index contributed by atoms with van der Waals surface area (Å²) in [4.78, 5) is 0. The summed E-state index contributed by atoms with van der Waals surface area (Å²) in [6.07, 6.45) is 2.50. The fourth-order valence-electron chi connectivity index (χ4n) is 0. The average Bonchev–Trinajstić information content (AvgIpc) is 1.39. The van der Waals surface area contributed by atoms with Crippen molar-refractivity contribution in [2.75, 3.05) is 0 Å². The Kier molecular flexibility index (Phi) is 107. The molecule has 0 aromatic rings. The van der Waals surface area contributed by atoms with Crippen molar-refractivity contribution in [3.05, 3.63) is 0 Å². The molecule has 0 saturated heterocycles. The van der Waals surface area contributed by atoms with Crippen molar-refractivity contribution < 1.29 is 31.0 Å². The van der Waals surface area contributed by atoms with Gasteiger partial charge in [0.05, 0.1) is 0 Å². The van der Waals surface area contributed by atoms with Crippen LogP contribution in [0.5, 0.6) is 0 Å². The second-order valence-electron chi connectivity index (χ2n) is 0.258. The molecular weight excluding hydrogens is 103 g/mol. The molecule has 0 spiro atoms. The quantitative estimate of drug-likeness (QED) is 0.187. The molecule has 0 aromatic carbocycles. The molecule has 4 nitrogen and oxygen atoms in total. The predicted molar refractivity (Wildman–Crippen MR) is 20.7 cm³/mol. The second-order valence-corrected chi connectivity index (χ2v) is 0.258. The van der Waals surface area contributed by atoms with Crippen LogP contribution in [0.1, 0.15) is 1.43 Å². The molecule has 0 radical (unpaired) electrons. The average molecular weight is 108 g/mol. The summed E-state index contributed by atoms with van der Waals surface area (Å²) in [6.45, 7) is 0. The van der Waals surface area contributed by atoms with E-state index in [9.17, 15) is 0 Å².